The van der Waals surface area contributed by atoms with Crippen molar-refractivity contribution in [1.82, 2.24) is 5.43 Å². The monoisotopic (exact) mass is 523 g/mol. The van der Waals surface area contributed by atoms with E-state index in [0.29, 0.717) is 52.1 Å². The van der Waals surface area contributed by atoms with Crippen LogP contribution in [0.15, 0.2) is 65.8 Å². The molecular weight excluding hydrogens is 498 g/mol. The van der Waals surface area contributed by atoms with Crippen LogP contribution in [0.25, 0.3) is 0 Å². The summed E-state index contributed by atoms with van der Waals surface area (Å²) >= 11 is 6.03. The second-order valence-electron chi connectivity index (χ2n) is 7.55. The van der Waals surface area contributed by atoms with Crippen molar-refractivity contribution in [2.24, 2.45) is 5.10 Å². The maximum atomic E-state index is 12.6. The van der Waals surface area contributed by atoms with Gasteiger partial charge in [0.25, 0.3) is 0 Å². The first-order valence-electron chi connectivity index (χ1n) is 11.4. The third-order valence-electron chi connectivity index (χ3n) is 4.97. The molecule has 0 aromatic heterocycles. The van der Waals surface area contributed by atoms with Crippen LogP contribution in [-0.4, -0.2) is 37.2 Å². The number of nitrogens with zero attached hydrogens (tertiary/aromatic N) is 1. The van der Waals surface area contributed by atoms with Gasteiger partial charge in [0.15, 0.2) is 11.5 Å². The van der Waals surface area contributed by atoms with Crippen molar-refractivity contribution in [1.29, 1.82) is 0 Å². The van der Waals surface area contributed by atoms with Gasteiger partial charge in [-0.3, -0.25) is 9.59 Å². The van der Waals surface area contributed by atoms with Crippen molar-refractivity contribution < 1.29 is 28.6 Å². The maximum absolute atomic E-state index is 12.6. The van der Waals surface area contributed by atoms with Gasteiger partial charge in [0.1, 0.15) is 5.75 Å². The van der Waals surface area contributed by atoms with E-state index < -0.39 is 17.8 Å². The summed E-state index contributed by atoms with van der Waals surface area (Å²) in [5, 5.41) is 6.78. The smallest absolute Gasteiger partial charge is 0.343 e. The topological polar surface area (TPSA) is 115 Å². The zero-order valence-electron chi connectivity index (χ0n) is 20.5. The van der Waals surface area contributed by atoms with E-state index in [0.717, 1.165) is 0 Å². The second-order valence-corrected chi connectivity index (χ2v) is 7.96. The minimum absolute atomic E-state index is 0.221. The standard InChI is InChI=1S/C27H26ClN3O6/c1-4-35-20-12-10-19(11-13-20)27(34)37-23-14-9-18(15-24(23)36-5-2)16-29-31-26(33)25(32)30-22-8-6-7-21(28)17(22)3/h6-16H,4-5H2,1-3H3,(H,30,32)(H,31,33). The molecule has 0 fully saturated rings. The Hall–Kier alpha value is -4.37. The molecule has 2 amide bonds. The molecule has 0 heterocycles. The fourth-order valence-electron chi connectivity index (χ4n) is 3.11. The van der Waals surface area contributed by atoms with E-state index in [4.69, 9.17) is 25.8 Å². The molecule has 2 N–H and O–H groups in total. The molecule has 0 unspecified atom stereocenters. The summed E-state index contributed by atoms with van der Waals surface area (Å²) in [5.41, 5.74) is 4.12. The molecule has 3 aromatic rings. The molecule has 0 aliphatic rings. The van der Waals surface area contributed by atoms with Crippen LogP contribution in [0.4, 0.5) is 5.69 Å². The Morgan fingerprint density at radius 1 is 0.919 bits per heavy atom. The lowest BCUT2D eigenvalue weighted by Gasteiger charge is -2.11. The van der Waals surface area contributed by atoms with Crippen LogP contribution in [0.5, 0.6) is 17.2 Å². The Balaban J connectivity index is 1.63. The number of nitrogens with one attached hydrogen (secondary N) is 2. The number of ether oxygens (including phenoxy) is 3. The van der Waals surface area contributed by atoms with E-state index in [1.54, 1.807) is 74.5 Å². The Morgan fingerprint density at radius 2 is 1.65 bits per heavy atom. The maximum Gasteiger partial charge on any atom is 0.343 e. The highest BCUT2D eigenvalue weighted by Crippen LogP contribution is 2.29. The highest BCUT2D eigenvalue weighted by atomic mass is 35.5. The minimum atomic E-state index is -0.957. The summed E-state index contributed by atoms with van der Waals surface area (Å²) in [6, 6.07) is 16.3. The predicted molar refractivity (Wildman–Crippen MR) is 141 cm³/mol. The predicted octanol–water partition coefficient (Wildman–Crippen LogP) is 4.75. The van der Waals surface area contributed by atoms with Gasteiger partial charge in [0.05, 0.1) is 25.0 Å². The van der Waals surface area contributed by atoms with Crippen LogP contribution in [0.2, 0.25) is 5.02 Å². The molecule has 0 bridgehead atoms. The largest absolute Gasteiger partial charge is 0.494 e. The number of halogens is 1. The fraction of sp³-hybridized carbons (Fsp3) is 0.185. The quantitative estimate of drug-likeness (QED) is 0.137. The molecule has 3 rings (SSSR count). The molecule has 3 aromatic carbocycles. The van der Waals surface area contributed by atoms with E-state index in [-0.39, 0.29) is 5.75 Å². The zero-order chi connectivity index (χ0) is 26.8. The number of amides is 2. The van der Waals surface area contributed by atoms with Crippen molar-refractivity contribution >= 4 is 41.3 Å². The van der Waals surface area contributed by atoms with Crippen LogP contribution in [0, 0.1) is 6.92 Å². The number of carbonyl (C=O) groups excluding carboxylic acids is 3. The third-order valence-corrected chi connectivity index (χ3v) is 5.38. The number of rotatable bonds is 9. The van der Waals surface area contributed by atoms with Gasteiger partial charge in [-0.15, -0.1) is 0 Å². The van der Waals surface area contributed by atoms with E-state index in [2.05, 4.69) is 15.8 Å². The molecule has 37 heavy (non-hydrogen) atoms. The van der Waals surface area contributed by atoms with E-state index in [1.807, 2.05) is 6.92 Å². The Kier molecular flexibility index (Phi) is 9.62. The number of hydrazone groups is 1. The molecule has 0 aliphatic heterocycles. The SMILES string of the molecule is CCOc1ccc(C(=O)Oc2ccc(C=NNC(=O)C(=O)Nc3cccc(Cl)c3C)cc2OCC)cc1. The lowest BCUT2D eigenvalue weighted by Crippen LogP contribution is -2.32. The molecule has 192 valence electrons. The van der Waals surface area contributed by atoms with Gasteiger partial charge in [-0.1, -0.05) is 17.7 Å². The van der Waals surface area contributed by atoms with Crippen molar-refractivity contribution in [2.75, 3.05) is 18.5 Å². The van der Waals surface area contributed by atoms with Crippen LogP contribution >= 0.6 is 11.6 Å². The lowest BCUT2D eigenvalue weighted by molar-refractivity contribution is -0.136. The first-order chi connectivity index (χ1) is 17.8. The van der Waals surface area contributed by atoms with Crippen molar-refractivity contribution in [3.05, 3.63) is 82.4 Å². The molecule has 0 aliphatic carbocycles. The molecule has 9 nitrogen and oxygen atoms in total. The summed E-state index contributed by atoms with van der Waals surface area (Å²) in [4.78, 5) is 36.8. The molecular formula is C27H26ClN3O6. The first kappa shape index (κ1) is 27.2. The summed E-state index contributed by atoms with van der Waals surface area (Å²) in [6.07, 6.45) is 1.33. The van der Waals surface area contributed by atoms with Crippen LogP contribution in [0.1, 0.15) is 35.3 Å². The van der Waals surface area contributed by atoms with Gasteiger partial charge in [0.2, 0.25) is 0 Å². The van der Waals surface area contributed by atoms with Crippen molar-refractivity contribution in [3.63, 3.8) is 0 Å². The Labute approximate surface area is 219 Å². The molecule has 0 saturated carbocycles. The normalized spacial score (nSPS) is 10.6. The molecule has 0 atom stereocenters. The first-order valence-corrected chi connectivity index (χ1v) is 11.8. The Morgan fingerprint density at radius 3 is 2.35 bits per heavy atom. The number of esters is 1. The zero-order valence-corrected chi connectivity index (χ0v) is 21.3. The average Bonchev–Trinajstić information content (AvgIpc) is 2.89. The number of hydrogen-bond acceptors (Lipinski definition) is 7. The van der Waals surface area contributed by atoms with Gasteiger partial charge in [-0.05, 0) is 86.5 Å². The molecule has 0 radical (unpaired) electrons. The summed E-state index contributed by atoms with van der Waals surface area (Å²) < 4.78 is 16.5. The van der Waals surface area contributed by atoms with Gasteiger partial charge >= 0.3 is 17.8 Å². The number of anilines is 1. The van der Waals surface area contributed by atoms with E-state index in [9.17, 15) is 14.4 Å². The van der Waals surface area contributed by atoms with Gasteiger partial charge in [-0.25, -0.2) is 10.2 Å². The molecule has 0 spiro atoms. The van der Waals surface area contributed by atoms with Crippen LogP contribution in [-0.2, 0) is 9.59 Å². The number of benzene rings is 3. The fourth-order valence-corrected chi connectivity index (χ4v) is 3.28. The Bertz CT molecular complexity index is 1310. The van der Waals surface area contributed by atoms with Gasteiger partial charge in [0, 0.05) is 10.7 Å². The summed E-state index contributed by atoms with van der Waals surface area (Å²) in [5.74, 6) is -1.22. The second kappa shape index (κ2) is 13.1. The average molecular weight is 524 g/mol. The molecule has 10 heteroatoms. The summed E-state index contributed by atoms with van der Waals surface area (Å²) in [7, 11) is 0. The lowest BCUT2D eigenvalue weighted by atomic mass is 10.2. The van der Waals surface area contributed by atoms with Crippen LogP contribution < -0.4 is 25.0 Å². The van der Waals surface area contributed by atoms with Gasteiger partial charge in [-0.2, -0.15) is 5.10 Å². The van der Waals surface area contributed by atoms with Crippen molar-refractivity contribution in [3.8, 4) is 17.2 Å². The van der Waals surface area contributed by atoms with Crippen molar-refractivity contribution in [2.45, 2.75) is 20.8 Å². The van der Waals surface area contributed by atoms with E-state index >= 15 is 0 Å². The van der Waals surface area contributed by atoms with Crippen LogP contribution in [0.3, 0.4) is 0 Å². The van der Waals surface area contributed by atoms with Gasteiger partial charge < -0.3 is 19.5 Å². The molecule has 0 saturated heterocycles. The number of hydrogen-bond donors (Lipinski definition) is 2. The number of carbonyl (C=O) groups is 3. The highest BCUT2D eigenvalue weighted by molar-refractivity contribution is 6.40. The highest BCUT2D eigenvalue weighted by Gasteiger charge is 2.16. The van der Waals surface area contributed by atoms with E-state index in [1.165, 1.54) is 6.21 Å². The third kappa shape index (κ3) is 7.55. The minimum Gasteiger partial charge on any atom is -0.494 e. The summed E-state index contributed by atoms with van der Waals surface area (Å²) in [6.45, 7) is 6.24.